The SMILES string of the molecule is Oc1ccccc1Cc1ccc(CCOCc2ccccc2)cc1. The van der Waals surface area contributed by atoms with Gasteiger partial charge in [-0.25, -0.2) is 0 Å². The molecule has 0 atom stereocenters. The summed E-state index contributed by atoms with van der Waals surface area (Å²) in [6, 6.07) is 26.2. The van der Waals surface area contributed by atoms with Crippen LogP contribution >= 0.6 is 0 Å². The fourth-order valence-corrected chi connectivity index (χ4v) is 2.66. The number of rotatable bonds is 7. The van der Waals surface area contributed by atoms with Crippen molar-refractivity contribution in [3.63, 3.8) is 0 Å². The second-order valence-corrected chi connectivity index (χ2v) is 5.91. The Kier molecular flexibility index (Phi) is 5.65. The lowest BCUT2D eigenvalue weighted by Gasteiger charge is -2.07. The Labute approximate surface area is 143 Å². The number of benzene rings is 3. The van der Waals surface area contributed by atoms with Crippen LogP contribution in [-0.2, 0) is 24.2 Å². The molecule has 0 amide bonds. The normalized spacial score (nSPS) is 10.7. The molecule has 3 rings (SSSR count). The molecule has 24 heavy (non-hydrogen) atoms. The zero-order valence-electron chi connectivity index (χ0n) is 13.7. The van der Waals surface area contributed by atoms with Gasteiger partial charge < -0.3 is 9.84 Å². The number of phenols is 1. The van der Waals surface area contributed by atoms with Crippen molar-refractivity contribution in [1.82, 2.24) is 0 Å². The lowest BCUT2D eigenvalue weighted by Crippen LogP contribution is -1.99. The van der Waals surface area contributed by atoms with Gasteiger partial charge in [-0.3, -0.25) is 0 Å². The van der Waals surface area contributed by atoms with Crippen LogP contribution in [0.4, 0.5) is 0 Å². The Balaban J connectivity index is 1.47. The second kappa shape index (κ2) is 8.32. The van der Waals surface area contributed by atoms with Crippen molar-refractivity contribution in [2.75, 3.05) is 6.61 Å². The van der Waals surface area contributed by atoms with E-state index in [-0.39, 0.29) is 0 Å². The maximum atomic E-state index is 9.85. The van der Waals surface area contributed by atoms with Crippen LogP contribution in [0.1, 0.15) is 22.3 Å². The summed E-state index contributed by atoms with van der Waals surface area (Å²) in [6.07, 6.45) is 1.65. The molecule has 2 heteroatoms. The number of aromatic hydroxyl groups is 1. The molecule has 1 N–H and O–H groups in total. The molecular weight excluding hydrogens is 296 g/mol. The van der Waals surface area contributed by atoms with Crippen molar-refractivity contribution in [2.45, 2.75) is 19.4 Å². The maximum absolute atomic E-state index is 9.85. The van der Waals surface area contributed by atoms with Gasteiger partial charge in [-0.1, -0.05) is 72.8 Å². The summed E-state index contributed by atoms with van der Waals surface area (Å²) < 4.78 is 5.73. The van der Waals surface area contributed by atoms with Crippen LogP contribution in [0.15, 0.2) is 78.9 Å². The van der Waals surface area contributed by atoms with E-state index in [2.05, 4.69) is 36.4 Å². The topological polar surface area (TPSA) is 29.5 Å². The summed E-state index contributed by atoms with van der Waals surface area (Å²) >= 11 is 0. The third kappa shape index (κ3) is 4.71. The third-order valence-electron chi connectivity index (χ3n) is 4.06. The van der Waals surface area contributed by atoms with E-state index in [1.807, 2.05) is 36.4 Å². The van der Waals surface area contributed by atoms with Gasteiger partial charge in [0.15, 0.2) is 0 Å². The first kappa shape index (κ1) is 16.3. The monoisotopic (exact) mass is 318 g/mol. The van der Waals surface area contributed by atoms with Crippen LogP contribution in [0.25, 0.3) is 0 Å². The van der Waals surface area contributed by atoms with Crippen molar-refractivity contribution in [1.29, 1.82) is 0 Å². The summed E-state index contributed by atoms with van der Waals surface area (Å²) in [5.41, 5.74) is 4.63. The molecule has 0 bridgehead atoms. The third-order valence-corrected chi connectivity index (χ3v) is 4.06. The Hall–Kier alpha value is -2.58. The van der Waals surface area contributed by atoms with Gasteiger partial charge in [0, 0.05) is 6.42 Å². The van der Waals surface area contributed by atoms with Crippen molar-refractivity contribution in [3.8, 4) is 5.75 Å². The highest BCUT2D eigenvalue weighted by atomic mass is 16.5. The molecule has 122 valence electrons. The molecule has 2 nitrogen and oxygen atoms in total. The molecule has 3 aromatic carbocycles. The molecule has 0 aliphatic rings. The number of hydrogen-bond donors (Lipinski definition) is 1. The van der Waals surface area contributed by atoms with Crippen molar-refractivity contribution < 1.29 is 9.84 Å². The Bertz CT molecular complexity index is 748. The number of ether oxygens (including phenoxy) is 1. The quantitative estimate of drug-likeness (QED) is 0.637. The Morgan fingerprint density at radius 2 is 1.33 bits per heavy atom. The van der Waals surface area contributed by atoms with E-state index in [9.17, 15) is 5.11 Å². The van der Waals surface area contributed by atoms with Gasteiger partial charge in [-0.05, 0) is 34.7 Å². The fourth-order valence-electron chi connectivity index (χ4n) is 2.66. The van der Waals surface area contributed by atoms with Gasteiger partial charge in [-0.2, -0.15) is 0 Å². The van der Waals surface area contributed by atoms with E-state index in [0.717, 1.165) is 18.4 Å². The smallest absolute Gasteiger partial charge is 0.119 e. The molecule has 0 aliphatic carbocycles. The van der Waals surface area contributed by atoms with Crippen LogP contribution in [0.2, 0.25) is 0 Å². The maximum Gasteiger partial charge on any atom is 0.119 e. The first-order valence-corrected chi connectivity index (χ1v) is 8.27. The summed E-state index contributed by atoms with van der Waals surface area (Å²) in [6.45, 7) is 1.37. The van der Waals surface area contributed by atoms with Crippen LogP contribution in [-0.4, -0.2) is 11.7 Å². The predicted molar refractivity (Wildman–Crippen MR) is 97.2 cm³/mol. The van der Waals surface area contributed by atoms with Crippen molar-refractivity contribution >= 4 is 0 Å². The molecule has 0 spiro atoms. The van der Waals surface area contributed by atoms with Crippen LogP contribution in [0.5, 0.6) is 5.75 Å². The first-order chi connectivity index (χ1) is 11.8. The lowest BCUT2D eigenvalue weighted by molar-refractivity contribution is 0.124. The molecule has 3 aromatic rings. The summed E-state index contributed by atoms with van der Waals surface area (Å²) in [5, 5.41) is 9.85. The van der Waals surface area contributed by atoms with E-state index >= 15 is 0 Å². The molecule has 0 aliphatic heterocycles. The standard InChI is InChI=1S/C22H22O2/c23-22-9-5-4-8-21(22)16-19-12-10-18(11-13-19)14-15-24-17-20-6-2-1-3-7-20/h1-13,23H,14-17H2. The van der Waals surface area contributed by atoms with E-state index in [0.29, 0.717) is 19.0 Å². The Morgan fingerprint density at radius 1 is 0.667 bits per heavy atom. The fraction of sp³-hybridized carbons (Fsp3) is 0.182. The van der Waals surface area contributed by atoms with E-state index in [4.69, 9.17) is 4.74 Å². The average Bonchev–Trinajstić information content (AvgIpc) is 2.63. The second-order valence-electron chi connectivity index (χ2n) is 5.91. The van der Waals surface area contributed by atoms with Crippen molar-refractivity contribution in [2.24, 2.45) is 0 Å². The molecule has 0 saturated carbocycles. The summed E-state index contributed by atoms with van der Waals surface area (Å²) in [7, 11) is 0. The zero-order valence-corrected chi connectivity index (χ0v) is 13.7. The number of hydrogen-bond acceptors (Lipinski definition) is 2. The highest BCUT2D eigenvalue weighted by Crippen LogP contribution is 2.20. The van der Waals surface area contributed by atoms with Crippen LogP contribution in [0, 0.1) is 0 Å². The average molecular weight is 318 g/mol. The first-order valence-electron chi connectivity index (χ1n) is 8.27. The van der Waals surface area contributed by atoms with E-state index in [1.165, 1.54) is 16.7 Å². The van der Waals surface area contributed by atoms with Crippen molar-refractivity contribution in [3.05, 3.63) is 101 Å². The van der Waals surface area contributed by atoms with Gasteiger partial charge in [-0.15, -0.1) is 0 Å². The molecular formula is C22H22O2. The molecule has 0 aromatic heterocycles. The number of para-hydroxylation sites is 1. The van der Waals surface area contributed by atoms with Gasteiger partial charge in [0.05, 0.1) is 13.2 Å². The molecule has 0 saturated heterocycles. The van der Waals surface area contributed by atoms with Gasteiger partial charge in [0.2, 0.25) is 0 Å². The molecule has 0 unspecified atom stereocenters. The highest BCUT2D eigenvalue weighted by molar-refractivity contribution is 5.37. The van der Waals surface area contributed by atoms with Crippen LogP contribution in [0.3, 0.4) is 0 Å². The highest BCUT2D eigenvalue weighted by Gasteiger charge is 2.02. The summed E-state index contributed by atoms with van der Waals surface area (Å²) in [5.74, 6) is 0.357. The predicted octanol–water partition coefficient (Wildman–Crippen LogP) is 4.74. The number of phenolic OH excluding ortho intramolecular Hbond substituents is 1. The minimum Gasteiger partial charge on any atom is -0.508 e. The van der Waals surface area contributed by atoms with E-state index in [1.54, 1.807) is 6.07 Å². The van der Waals surface area contributed by atoms with E-state index < -0.39 is 0 Å². The molecule has 0 heterocycles. The van der Waals surface area contributed by atoms with Gasteiger partial charge in [0.1, 0.15) is 5.75 Å². The minimum absolute atomic E-state index is 0.357. The lowest BCUT2D eigenvalue weighted by atomic mass is 10.0. The van der Waals surface area contributed by atoms with Crippen LogP contribution < -0.4 is 0 Å². The molecule has 0 radical (unpaired) electrons. The minimum atomic E-state index is 0.357. The zero-order chi connectivity index (χ0) is 16.6. The molecule has 0 fully saturated rings. The van der Waals surface area contributed by atoms with Gasteiger partial charge in [0.25, 0.3) is 0 Å². The summed E-state index contributed by atoms with van der Waals surface area (Å²) in [4.78, 5) is 0. The van der Waals surface area contributed by atoms with Gasteiger partial charge >= 0.3 is 0 Å². The Morgan fingerprint density at radius 3 is 2.08 bits per heavy atom. The largest absolute Gasteiger partial charge is 0.508 e.